The van der Waals surface area contributed by atoms with E-state index in [2.05, 4.69) is 52.0 Å². The van der Waals surface area contributed by atoms with Gasteiger partial charge in [0.2, 0.25) is 0 Å². The van der Waals surface area contributed by atoms with Crippen LogP contribution in [-0.2, 0) is 6.61 Å². The molecule has 0 saturated carbocycles. The van der Waals surface area contributed by atoms with Crippen LogP contribution in [-0.4, -0.2) is 22.5 Å². The second-order valence-electron chi connectivity index (χ2n) is 9.37. The zero-order valence-corrected chi connectivity index (χ0v) is 24.5. The maximum atomic E-state index is 13.5. The van der Waals surface area contributed by atoms with Gasteiger partial charge in [-0.15, -0.1) is 0 Å². The monoisotopic (exact) mass is 651 g/mol. The molecule has 0 saturated heterocycles. The zero-order chi connectivity index (χ0) is 28.2. The number of ether oxygens (including phenoxy) is 2. The predicted octanol–water partition coefficient (Wildman–Crippen LogP) is 7.68. The molecule has 0 amide bonds. The molecule has 202 valence electrons. The van der Waals surface area contributed by atoms with Crippen molar-refractivity contribution in [1.29, 1.82) is 0 Å². The van der Waals surface area contributed by atoms with Gasteiger partial charge in [0.1, 0.15) is 6.61 Å². The molecular formula is C34H26IN3O3. The van der Waals surface area contributed by atoms with Gasteiger partial charge in [0.25, 0.3) is 5.56 Å². The van der Waals surface area contributed by atoms with Crippen LogP contribution < -0.4 is 15.0 Å². The molecule has 0 N–H and O–H groups in total. The number of hydrogen-bond donors (Lipinski definition) is 0. The Labute approximate surface area is 251 Å². The third-order valence-electron chi connectivity index (χ3n) is 6.69. The highest BCUT2D eigenvalue weighted by Crippen LogP contribution is 2.35. The molecule has 7 heteroatoms. The van der Waals surface area contributed by atoms with Gasteiger partial charge in [0, 0.05) is 5.56 Å². The lowest BCUT2D eigenvalue weighted by atomic mass is 10.1. The number of benzene rings is 5. The first-order chi connectivity index (χ1) is 20.1. The van der Waals surface area contributed by atoms with Crippen molar-refractivity contribution in [1.82, 2.24) is 9.66 Å². The van der Waals surface area contributed by atoms with Crippen molar-refractivity contribution in [3.05, 3.63) is 134 Å². The molecule has 0 aliphatic rings. The molecule has 6 nitrogen and oxygen atoms in total. The molecule has 0 spiro atoms. The van der Waals surface area contributed by atoms with Gasteiger partial charge in [0.15, 0.2) is 17.3 Å². The molecule has 0 aliphatic heterocycles. The summed E-state index contributed by atoms with van der Waals surface area (Å²) in [5, 5.41) is 7.46. The Hall–Kier alpha value is -4.50. The van der Waals surface area contributed by atoms with Gasteiger partial charge in [-0.2, -0.15) is 9.78 Å². The Bertz CT molecular complexity index is 1950. The van der Waals surface area contributed by atoms with E-state index in [-0.39, 0.29) is 5.56 Å². The highest BCUT2D eigenvalue weighted by molar-refractivity contribution is 14.1. The maximum absolute atomic E-state index is 13.5. The number of para-hydroxylation sites is 1. The van der Waals surface area contributed by atoms with Crippen molar-refractivity contribution >= 4 is 50.5 Å². The number of halogens is 1. The van der Waals surface area contributed by atoms with E-state index in [0.29, 0.717) is 41.4 Å². The van der Waals surface area contributed by atoms with Crippen LogP contribution >= 0.6 is 22.6 Å². The largest absolute Gasteiger partial charge is 0.490 e. The molecule has 0 unspecified atom stereocenters. The third kappa shape index (κ3) is 5.58. The van der Waals surface area contributed by atoms with Crippen LogP contribution in [0.15, 0.2) is 119 Å². The first kappa shape index (κ1) is 26.7. The van der Waals surface area contributed by atoms with E-state index in [1.54, 1.807) is 12.3 Å². The van der Waals surface area contributed by atoms with Crippen molar-refractivity contribution in [2.45, 2.75) is 13.5 Å². The first-order valence-electron chi connectivity index (χ1n) is 13.3. The highest BCUT2D eigenvalue weighted by atomic mass is 127. The Balaban J connectivity index is 1.36. The minimum atomic E-state index is -0.236. The average Bonchev–Trinajstić information content (AvgIpc) is 3.01. The Kier molecular flexibility index (Phi) is 7.78. The van der Waals surface area contributed by atoms with Crippen molar-refractivity contribution in [2.24, 2.45) is 5.10 Å². The molecule has 41 heavy (non-hydrogen) atoms. The quantitative estimate of drug-likeness (QED) is 0.125. The highest BCUT2D eigenvalue weighted by Gasteiger charge is 2.15. The fraction of sp³-hybridized carbons (Fsp3) is 0.0882. The molecule has 6 rings (SSSR count). The SMILES string of the molecule is CCOc1cc(C=Nn2c(-c3ccccc3)nc3ccccc3c2=O)cc(I)c1OCc1cccc2ccccc12. The van der Waals surface area contributed by atoms with E-state index in [1.165, 1.54) is 10.1 Å². The lowest BCUT2D eigenvalue weighted by Crippen LogP contribution is -2.20. The normalized spacial score (nSPS) is 11.4. The zero-order valence-electron chi connectivity index (χ0n) is 22.3. The summed E-state index contributed by atoms with van der Waals surface area (Å²) in [5.41, 5.74) is 3.07. The molecule has 0 aliphatic carbocycles. The maximum Gasteiger partial charge on any atom is 0.282 e. The van der Waals surface area contributed by atoms with Crippen LogP contribution in [0.25, 0.3) is 33.1 Å². The fourth-order valence-corrected chi connectivity index (χ4v) is 5.54. The van der Waals surface area contributed by atoms with Crippen LogP contribution in [0.3, 0.4) is 0 Å². The number of hydrogen-bond acceptors (Lipinski definition) is 5. The smallest absolute Gasteiger partial charge is 0.282 e. The minimum Gasteiger partial charge on any atom is -0.490 e. The summed E-state index contributed by atoms with van der Waals surface area (Å²) in [6, 6.07) is 35.3. The van der Waals surface area contributed by atoms with Gasteiger partial charge in [-0.1, -0.05) is 84.9 Å². The Morgan fingerprint density at radius 2 is 1.59 bits per heavy atom. The number of rotatable bonds is 8. The molecular weight excluding hydrogens is 625 g/mol. The summed E-state index contributed by atoms with van der Waals surface area (Å²) < 4.78 is 14.6. The van der Waals surface area contributed by atoms with Gasteiger partial charge in [-0.3, -0.25) is 4.79 Å². The predicted molar refractivity (Wildman–Crippen MR) is 173 cm³/mol. The summed E-state index contributed by atoms with van der Waals surface area (Å²) in [6.45, 7) is 2.82. The third-order valence-corrected chi connectivity index (χ3v) is 7.49. The number of fused-ring (bicyclic) bond motifs is 2. The minimum absolute atomic E-state index is 0.236. The summed E-state index contributed by atoms with van der Waals surface area (Å²) >= 11 is 2.25. The van der Waals surface area contributed by atoms with Crippen molar-refractivity contribution in [3.63, 3.8) is 0 Å². The van der Waals surface area contributed by atoms with E-state index in [0.717, 1.165) is 25.6 Å². The molecule has 0 fully saturated rings. The Morgan fingerprint density at radius 3 is 2.41 bits per heavy atom. The van der Waals surface area contributed by atoms with Crippen LogP contribution in [0, 0.1) is 3.57 Å². The van der Waals surface area contributed by atoms with E-state index in [4.69, 9.17) is 14.5 Å². The molecule has 0 bridgehead atoms. The summed E-state index contributed by atoms with van der Waals surface area (Å²) in [7, 11) is 0. The number of aromatic nitrogens is 2. The fourth-order valence-electron chi connectivity index (χ4n) is 4.76. The van der Waals surface area contributed by atoms with E-state index in [9.17, 15) is 4.79 Å². The van der Waals surface area contributed by atoms with Gasteiger partial charge in [0.05, 0.1) is 27.3 Å². The van der Waals surface area contributed by atoms with E-state index in [1.807, 2.05) is 85.8 Å². The molecule has 6 aromatic rings. The van der Waals surface area contributed by atoms with Crippen LogP contribution in [0.2, 0.25) is 0 Å². The number of nitrogens with zero attached hydrogens (tertiary/aromatic N) is 3. The topological polar surface area (TPSA) is 65.7 Å². The molecule has 0 atom stereocenters. The van der Waals surface area contributed by atoms with Crippen LogP contribution in [0.4, 0.5) is 0 Å². The van der Waals surface area contributed by atoms with E-state index < -0.39 is 0 Å². The van der Waals surface area contributed by atoms with Gasteiger partial charge in [-0.25, -0.2) is 4.98 Å². The van der Waals surface area contributed by atoms with Crippen LogP contribution in [0.5, 0.6) is 11.5 Å². The summed E-state index contributed by atoms with van der Waals surface area (Å²) in [5.74, 6) is 1.76. The van der Waals surface area contributed by atoms with Crippen LogP contribution in [0.1, 0.15) is 18.1 Å². The average molecular weight is 652 g/mol. The summed E-state index contributed by atoms with van der Waals surface area (Å²) in [4.78, 5) is 18.3. The first-order valence-corrected chi connectivity index (χ1v) is 14.4. The van der Waals surface area contributed by atoms with Crippen molar-refractivity contribution < 1.29 is 9.47 Å². The Morgan fingerprint density at radius 1 is 0.854 bits per heavy atom. The molecule has 0 radical (unpaired) electrons. The summed E-state index contributed by atoms with van der Waals surface area (Å²) in [6.07, 6.45) is 1.66. The molecule has 1 heterocycles. The standard InChI is InChI=1S/C34H26IN3O3/c1-2-40-31-20-23(19-29(35)32(31)41-22-26-15-10-14-24-11-6-7-16-27(24)26)21-36-38-33(25-12-4-3-5-13-25)37-30-18-9-8-17-28(30)34(38)39/h3-21H,2,22H2,1H3. The second kappa shape index (κ2) is 11.9. The van der Waals surface area contributed by atoms with Gasteiger partial charge < -0.3 is 9.47 Å². The second-order valence-corrected chi connectivity index (χ2v) is 10.5. The molecule has 1 aromatic heterocycles. The molecule has 5 aromatic carbocycles. The van der Waals surface area contributed by atoms with Gasteiger partial charge >= 0.3 is 0 Å². The lowest BCUT2D eigenvalue weighted by molar-refractivity contribution is 0.268. The van der Waals surface area contributed by atoms with Gasteiger partial charge in [-0.05, 0) is 75.7 Å². The van der Waals surface area contributed by atoms with Crippen molar-refractivity contribution in [3.8, 4) is 22.9 Å². The lowest BCUT2D eigenvalue weighted by Gasteiger charge is -2.15. The van der Waals surface area contributed by atoms with Crippen molar-refractivity contribution in [2.75, 3.05) is 6.61 Å². The van der Waals surface area contributed by atoms with E-state index >= 15 is 0 Å².